The van der Waals surface area contributed by atoms with Crippen molar-refractivity contribution >= 4 is 11.6 Å². The Balaban J connectivity index is 1.84. The molecule has 0 radical (unpaired) electrons. The van der Waals surface area contributed by atoms with Gasteiger partial charge in [-0.3, -0.25) is 14.4 Å². The van der Waals surface area contributed by atoms with Crippen LogP contribution in [0.4, 0.5) is 5.69 Å². The molecule has 0 aromatic carbocycles. The summed E-state index contributed by atoms with van der Waals surface area (Å²) in [7, 11) is 3.99. The van der Waals surface area contributed by atoms with Crippen LogP contribution in [0.1, 0.15) is 42.4 Å². The van der Waals surface area contributed by atoms with Crippen LogP contribution in [0.3, 0.4) is 0 Å². The van der Waals surface area contributed by atoms with Crippen LogP contribution in [-0.2, 0) is 13.5 Å². The molecule has 3 rings (SSSR count). The number of amides is 1. The van der Waals surface area contributed by atoms with Crippen molar-refractivity contribution in [1.82, 2.24) is 19.6 Å². The van der Waals surface area contributed by atoms with Gasteiger partial charge in [0, 0.05) is 32.2 Å². The summed E-state index contributed by atoms with van der Waals surface area (Å²) in [6.45, 7) is 3.63. The Morgan fingerprint density at radius 1 is 1.29 bits per heavy atom. The van der Waals surface area contributed by atoms with Crippen LogP contribution in [0, 0.1) is 0 Å². The monoisotopic (exact) mass is 291 g/mol. The van der Waals surface area contributed by atoms with Crippen molar-refractivity contribution in [3.05, 3.63) is 11.4 Å². The normalized spacial score (nSPS) is 26.1. The number of anilines is 1. The molecule has 2 atom stereocenters. The van der Waals surface area contributed by atoms with E-state index in [1.54, 1.807) is 11.7 Å². The van der Waals surface area contributed by atoms with Crippen molar-refractivity contribution in [2.75, 3.05) is 25.9 Å². The number of fused-ring (bicyclic) bond motifs is 2. The van der Waals surface area contributed by atoms with Crippen molar-refractivity contribution in [3.8, 4) is 0 Å². The van der Waals surface area contributed by atoms with Gasteiger partial charge in [-0.05, 0) is 32.7 Å². The van der Waals surface area contributed by atoms with E-state index in [1.165, 1.54) is 12.8 Å². The molecule has 2 unspecified atom stereocenters. The summed E-state index contributed by atoms with van der Waals surface area (Å²) in [5, 5.41) is 4.36. The van der Waals surface area contributed by atoms with Gasteiger partial charge >= 0.3 is 0 Å². The fraction of sp³-hybridized carbons (Fsp3) is 0.733. The Hall–Kier alpha value is -1.56. The van der Waals surface area contributed by atoms with Gasteiger partial charge in [-0.2, -0.15) is 5.10 Å². The molecule has 2 aliphatic rings. The molecule has 2 saturated heterocycles. The molecule has 1 aromatic heterocycles. The zero-order valence-corrected chi connectivity index (χ0v) is 13.2. The standard InChI is InChI=1S/C15H25N5O/c1-4-12-13(16)14(19(3)17-12)15(21)20-8-7-10-5-6-11(9-20)18(10)2/h10-11H,4-9,16H2,1-3H3. The molecule has 2 N–H and O–H groups in total. The number of hydrogen-bond donors (Lipinski definition) is 1. The molecule has 2 bridgehead atoms. The van der Waals surface area contributed by atoms with E-state index in [1.807, 2.05) is 11.8 Å². The highest BCUT2D eigenvalue weighted by molar-refractivity contribution is 5.98. The summed E-state index contributed by atoms with van der Waals surface area (Å²) in [5.74, 6) is 0.0307. The number of rotatable bonds is 2. The van der Waals surface area contributed by atoms with Gasteiger partial charge in [-0.1, -0.05) is 6.92 Å². The minimum atomic E-state index is 0.0307. The van der Waals surface area contributed by atoms with E-state index in [0.717, 1.165) is 31.6 Å². The molecule has 1 amide bonds. The van der Waals surface area contributed by atoms with Gasteiger partial charge in [0.25, 0.3) is 5.91 Å². The lowest BCUT2D eigenvalue weighted by Crippen LogP contribution is -2.40. The van der Waals surface area contributed by atoms with Crippen LogP contribution in [0.2, 0.25) is 0 Å². The molecular formula is C15H25N5O. The van der Waals surface area contributed by atoms with Gasteiger partial charge in [0.05, 0.1) is 11.4 Å². The SMILES string of the molecule is CCc1nn(C)c(C(=O)N2CCC3CCC(C2)N3C)c1N. The summed E-state index contributed by atoms with van der Waals surface area (Å²) in [6, 6.07) is 1.12. The van der Waals surface area contributed by atoms with Crippen molar-refractivity contribution in [3.63, 3.8) is 0 Å². The highest BCUT2D eigenvalue weighted by Gasteiger charge is 2.37. The Kier molecular flexibility index (Phi) is 3.65. The van der Waals surface area contributed by atoms with Gasteiger partial charge in [-0.25, -0.2) is 0 Å². The summed E-state index contributed by atoms with van der Waals surface area (Å²) >= 11 is 0. The number of likely N-dealkylation sites (N-methyl/N-ethyl adjacent to an activating group) is 1. The molecule has 0 aliphatic carbocycles. The van der Waals surface area contributed by atoms with Crippen molar-refractivity contribution in [2.45, 2.75) is 44.7 Å². The van der Waals surface area contributed by atoms with Gasteiger partial charge in [-0.15, -0.1) is 0 Å². The molecule has 116 valence electrons. The van der Waals surface area contributed by atoms with Gasteiger partial charge in [0.15, 0.2) is 0 Å². The molecule has 6 heteroatoms. The number of nitrogens with two attached hydrogens (primary N) is 1. The van der Waals surface area contributed by atoms with Crippen LogP contribution >= 0.6 is 0 Å². The first-order valence-corrected chi connectivity index (χ1v) is 7.85. The van der Waals surface area contributed by atoms with Crippen LogP contribution in [0.15, 0.2) is 0 Å². The number of aromatic nitrogens is 2. The van der Waals surface area contributed by atoms with Gasteiger partial charge < -0.3 is 10.6 Å². The van der Waals surface area contributed by atoms with E-state index in [0.29, 0.717) is 23.5 Å². The van der Waals surface area contributed by atoms with E-state index in [2.05, 4.69) is 17.0 Å². The highest BCUT2D eigenvalue weighted by atomic mass is 16.2. The predicted octanol–water partition coefficient (Wildman–Crippen LogP) is 0.873. The van der Waals surface area contributed by atoms with E-state index in [4.69, 9.17) is 5.73 Å². The quantitative estimate of drug-likeness (QED) is 0.878. The van der Waals surface area contributed by atoms with E-state index < -0.39 is 0 Å². The van der Waals surface area contributed by atoms with E-state index >= 15 is 0 Å². The third-order valence-electron chi connectivity index (χ3n) is 5.13. The van der Waals surface area contributed by atoms with Gasteiger partial charge in [0.2, 0.25) is 0 Å². The Morgan fingerprint density at radius 2 is 2.00 bits per heavy atom. The maximum atomic E-state index is 12.9. The van der Waals surface area contributed by atoms with Crippen molar-refractivity contribution in [1.29, 1.82) is 0 Å². The molecule has 0 saturated carbocycles. The van der Waals surface area contributed by atoms with E-state index in [9.17, 15) is 4.79 Å². The molecule has 2 fully saturated rings. The minimum Gasteiger partial charge on any atom is -0.395 e. The number of carbonyl (C=O) groups excluding carboxylic acids is 1. The highest BCUT2D eigenvalue weighted by Crippen LogP contribution is 2.29. The lowest BCUT2D eigenvalue weighted by atomic mass is 10.1. The number of hydrogen-bond acceptors (Lipinski definition) is 4. The number of nitrogens with zero attached hydrogens (tertiary/aromatic N) is 4. The number of aryl methyl sites for hydroxylation is 2. The topological polar surface area (TPSA) is 67.4 Å². The summed E-state index contributed by atoms with van der Waals surface area (Å²) < 4.78 is 1.64. The Bertz CT molecular complexity index is 553. The number of likely N-dealkylation sites (tertiary alicyclic amines) is 1. The first-order valence-electron chi connectivity index (χ1n) is 7.85. The van der Waals surface area contributed by atoms with Crippen LogP contribution in [0.25, 0.3) is 0 Å². The summed E-state index contributed by atoms with van der Waals surface area (Å²) in [4.78, 5) is 17.3. The number of carbonyl (C=O) groups is 1. The lowest BCUT2D eigenvalue weighted by molar-refractivity contribution is 0.0730. The fourth-order valence-corrected chi connectivity index (χ4v) is 3.75. The molecule has 6 nitrogen and oxygen atoms in total. The molecule has 1 aromatic rings. The minimum absolute atomic E-state index is 0.0307. The Labute approximate surface area is 125 Å². The average Bonchev–Trinajstić information content (AvgIpc) is 2.85. The zero-order valence-electron chi connectivity index (χ0n) is 13.2. The molecule has 21 heavy (non-hydrogen) atoms. The van der Waals surface area contributed by atoms with Crippen LogP contribution < -0.4 is 5.73 Å². The predicted molar refractivity (Wildman–Crippen MR) is 82.1 cm³/mol. The third kappa shape index (κ3) is 2.31. The average molecular weight is 291 g/mol. The van der Waals surface area contributed by atoms with E-state index in [-0.39, 0.29) is 5.91 Å². The van der Waals surface area contributed by atoms with Crippen molar-refractivity contribution < 1.29 is 4.79 Å². The molecule has 2 aliphatic heterocycles. The lowest BCUT2D eigenvalue weighted by Gasteiger charge is -2.26. The summed E-state index contributed by atoms with van der Waals surface area (Å²) in [5.41, 5.74) is 8.03. The van der Waals surface area contributed by atoms with Crippen LogP contribution in [0.5, 0.6) is 0 Å². The largest absolute Gasteiger partial charge is 0.395 e. The molecular weight excluding hydrogens is 266 g/mol. The smallest absolute Gasteiger partial charge is 0.274 e. The Morgan fingerprint density at radius 3 is 2.67 bits per heavy atom. The first-order chi connectivity index (χ1) is 10.0. The summed E-state index contributed by atoms with van der Waals surface area (Å²) in [6.07, 6.45) is 4.25. The maximum Gasteiger partial charge on any atom is 0.274 e. The van der Waals surface area contributed by atoms with Crippen LogP contribution in [-0.4, -0.2) is 57.7 Å². The first kappa shape index (κ1) is 14.4. The maximum absolute atomic E-state index is 12.9. The van der Waals surface area contributed by atoms with Crippen molar-refractivity contribution in [2.24, 2.45) is 7.05 Å². The zero-order chi connectivity index (χ0) is 15.1. The molecule has 0 spiro atoms. The van der Waals surface area contributed by atoms with Gasteiger partial charge in [0.1, 0.15) is 5.69 Å². The molecule has 3 heterocycles. The fourth-order valence-electron chi connectivity index (χ4n) is 3.75. The number of nitrogen functional groups attached to an aromatic ring is 1. The second-order valence-corrected chi connectivity index (χ2v) is 6.28. The second kappa shape index (κ2) is 5.33. The second-order valence-electron chi connectivity index (χ2n) is 6.28. The third-order valence-corrected chi connectivity index (χ3v) is 5.13.